The molecule has 1 aromatic carbocycles. The molecule has 1 atom stereocenters. The standard InChI is InChI=1S/C15H22O2/c1-11-8-9-13(3)14(10-11)12(2)6-4-5-7-15(16)17/h8-10,12H,4-7H2,1-3H3,(H,16,17). The molecule has 1 aromatic rings. The average Bonchev–Trinajstić information content (AvgIpc) is 2.27. The molecule has 0 saturated carbocycles. The van der Waals surface area contributed by atoms with Gasteiger partial charge < -0.3 is 5.11 Å². The number of carboxylic acid groups (broad SMARTS) is 1. The lowest BCUT2D eigenvalue weighted by Crippen LogP contribution is -1.99. The van der Waals surface area contributed by atoms with Gasteiger partial charge in [-0.05, 0) is 43.7 Å². The predicted molar refractivity (Wildman–Crippen MR) is 70.4 cm³/mol. The summed E-state index contributed by atoms with van der Waals surface area (Å²) in [5, 5.41) is 8.58. The van der Waals surface area contributed by atoms with Crippen molar-refractivity contribution in [2.24, 2.45) is 0 Å². The molecule has 0 radical (unpaired) electrons. The molecular formula is C15H22O2. The van der Waals surface area contributed by atoms with E-state index in [2.05, 4.69) is 39.0 Å². The third-order valence-electron chi connectivity index (χ3n) is 3.24. The van der Waals surface area contributed by atoms with E-state index in [0.29, 0.717) is 12.3 Å². The topological polar surface area (TPSA) is 37.3 Å². The zero-order valence-corrected chi connectivity index (χ0v) is 11.0. The van der Waals surface area contributed by atoms with E-state index in [4.69, 9.17) is 5.11 Å². The Hall–Kier alpha value is -1.31. The van der Waals surface area contributed by atoms with Crippen molar-refractivity contribution in [1.29, 1.82) is 0 Å². The number of aliphatic carboxylic acids is 1. The van der Waals surface area contributed by atoms with Gasteiger partial charge in [0.2, 0.25) is 0 Å². The van der Waals surface area contributed by atoms with Gasteiger partial charge in [0, 0.05) is 6.42 Å². The first-order chi connectivity index (χ1) is 8.00. The van der Waals surface area contributed by atoms with Crippen LogP contribution in [0.3, 0.4) is 0 Å². The van der Waals surface area contributed by atoms with Gasteiger partial charge in [0.1, 0.15) is 0 Å². The molecule has 0 aliphatic heterocycles. The average molecular weight is 234 g/mol. The van der Waals surface area contributed by atoms with Crippen molar-refractivity contribution in [3.63, 3.8) is 0 Å². The van der Waals surface area contributed by atoms with Gasteiger partial charge in [-0.25, -0.2) is 0 Å². The second kappa shape index (κ2) is 6.43. The van der Waals surface area contributed by atoms with Crippen molar-refractivity contribution in [3.05, 3.63) is 34.9 Å². The van der Waals surface area contributed by atoms with Gasteiger partial charge in [-0.3, -0.25) is 4.79 Å². The maximum absolute atomic E-state index is 10.4. The van der Waals surface area contributed by atoms with E-state index in [1.165, 1.54) is 16.7 Å². The fourth-order valence-corrected chi connectivity index (χ4v) is 2.17. The third-order valence-corrected chi connectivity index (χ3v) is 3.24. The van der Waals surface area contributed by atoms with Crippen LogP contribution in [0, 0.1) is 13.8 Å². The van der Waals surface area contributed by atoms with E-state index in [0.717, 1.165) is 19.3 Å². The fraction of sp³-hybridized carbons (Fsp3) is 0.533. The highest BCUT2D eigenvalue weighted by atomic mass is 16.4. The van der Waals surface area contributed by atoms with Gasteiger partial charge in [-0.1, -0.05) is 37.1 Å². The first kappa shape index (κ1) is 13.8. The largest absolute Gasteiger partial charge is 0.481 e. The minimum absolute atomic E-state index is 0.291. The summed E-state index contributed by atoms with van der Waals surface area (Å²) in [4.78, 5) is 10.4. The second-order valence-electron chi connectivity index (χ2n) is 4.90. The maximum Gasteiger partial charge on any atom is 0.303 e. The van der Waals surface area contributed by atoms with Crippen LogP contribution in [0.1, 0.15) is 55.2 Å². The quantitative estimate of drug-likeness (QED) is 0.754. The monoisotopic (exact) mass is 234 g/mol. The lowest BCUT2D eigenvalue weighted by atomic mass is 9.90. The Morgan fingerprint density at radius 1 is 1.29 bits per heavy atom. The molecule has 1 unspecified atom stereocenters. The van der Waals surface area contributed by atoms with Crippen LogP contribution < -0.4 is 0 Å². The summed E-state index contributed by atoms with van der Waals surface area (Å²) in [6.45, 7) is 6.48. The minimum Gasteiger partial charge on any atom is -0.481 e. The molecular weight excluding hydrogens is 212 g/mol. The molecule has 2 nitrogen and oxygen atoms in total. The third kappa shape index (κ3) is 4.59. The lowest BCUT2D eigenvalue weighted by molar-refractivity contribution is -0.137. The number of hydrogen-bond donors (Lipinski definition) is 1. The Bertz CT molecular complexity index is 383. The van der Waals surface area contributed by atoms with Crippen molar-refractivity contribution in [3.8, 4) is 0 Å². The summed E-state index contributed by atoms with van der Waals surface area (Å²) in [6, 6.07) is 6.55. The predicted octanol–water partition coefficient (Wildman–Crippen LogP) is 4.05. The Balaban J connectivity index is 2.49. The number of aryl methyl sites for hydroxylation is 2. The van der Waals surface area contributed by atoms with Gasteiger partial charge in [-0.2, -0.15) is 0 Å². The highest BCUT2D eigenvalue weighted by Gasteiger charge is 2.08. The van der Waals surface area contributed by atoms with Crippen molar-refractivity contribution in [2.45, 2.75) is 52.4 Å². The number of hydrogen-bond acceptors (Lipinski definition) is 1. The van der Waals surface area contributed by atoms with Crippen LogP contribution in [-0.2, 0) is 4.79 Å². The summed E-state index contributed by atoms with van der Waals surface area (Å²) >= 11 is 0. The van der Waals surface area contributed by atoms with Crippen LogP contribution in [0.15, 0.2) is 18.2 Å². The molecule has 94 valence electrons. The highest BCUT2D eigenvalue weighted by Crippen LogP contribution is 2.25. The molecule has 0 spiro atoms. The molecule has 0 aliphatic carbocycles. The van der Waals surface area contributed by atoms with E-state index in [-0.39, 0.29) is 0 Å². The Kier molecular flexibility index (Phi) is 5.20. The minimum atomic E-state index is -0.690. The van der Waals surface area contributed by atoms with Crippen molar-refractivity contribution >= 4 is 5.97 Å². The van der Waals surface area contributed by atoms with Crippen LogP contribution in [0.2, 0.25) is 0 Å². The molecule has 2 heteroatoms. The van der Waals surface area contributed by atoms with Crippen LogP contribution in [0.25, 0.3) is 0 Å². The summed E-state index contributed by atoms with van der Waals surface area (Å²) in [7, 11) is 0. The van der Waals surface area contributed by atoms with Crippen molar-refractivity contribution in [2.75, 3.05) is 0 Å². The van der Waals surface area contributed by atoms with E-state index < -0.39 is 5.97 Å². The Labute approximate surface area is 104 Å². The second-order valence-corrected chi connectivity index (χ2v) is 4.90. The normalized spacial score (nSPS) is 12.4. The Morgan fingerprint density at radius 2 is 2.00 bits per heavy atom. The summed E-state index contributed by atoms with van der Waals surface area (Å²) < 4.78 is 0. The molecule has 0 fully saturated rings. The van der Waals surface area contributed by atoms with Gasteiger partial charge in [0.25, 0.3) is 0 Å². The zero-order chi connectivity index (χ0) is 12.8. The first-order valence-electron chi connectivity index (χ1n) is 6.29. The maximum atomic E-state index is 10.4. The molecule has 1 rings (SSSR count). The molecule has 0 aliphatic rings. The smallest absolute Gasteiger partial charge is 0.303 e. The number of rotatable bonds is 6. The van der Waals surface area contributed by atoms with Crippen LogP contribution in [-0.4, -0.2) is 11.1 Å². The lowest BCUT2D eigenvalue weighted by Gasteiger charge is -2.15. The van der Waals surface area contributed by atoms with Gasteiger partial charge >= 0.3 is 5.97 Å². The van der Waals surface area contributed by atoms with E-state index in [9.17, 15) is 4.79 Å². The molecule has 17 heavy (non-hydrogen) atoms. The van der Waals surface area contributed by atoms with Crippen LogP contribution in [0.4, 0.5) is 0 Å². The number of benzene rings is 1. The molecule has 0 heterocycles. The molecule has 1 N–H and O–H groups in total. The number of unbranched alkanes of at least 4 members (excludes halogenated alkanes) is 1. The van der Waals surface area contributed by atoms with E-state index in [1.54, 1.807) is 0 Å². The van der Waals surface area contributed by atoms with Crippen LogP contribution in [0.5, 0.6) is 0 Å². The summed E-state index contributed by atoms with van der Waals surface area (Å²) in [6.07, 6.45) is 3.13. The van der Waals surface area contributed by atoms with Gasteiger partial charge in [-0.15, -0.1) is 0 Å². The number of carbonyl (C=O) groups is 1. The highest BCUT2D eigenvalue weighted by molar-refractivity contribution is 5.66. The fourth-order valence-electron chi connectivity index (χ4n) is 2.17. The van der Waals surface area contributed by atoms with Gasteiger partial charge in [0.15, 0.2) is 0 Å². The first-order valence-corrected chi connectivity index (χ1v) is 6.29. The molecule has 0 aromatic heterocycles. The van der Waals surface area contributed by atoms with Gasteiger partial charge in [0.05, 0.1) is 0 Å². The summed E-state index contributed by atoms with van der Waals surface area (Å²) in [5.41, 5.74) is 4.03. The Morgan fingerprint density at radius 3 is 2.65 bits per heavy atom. The summed E-state index contributed by atoms with van der Waals surface area (Å²) in [5.74, 6) is -0.173. The zero-order valence-electron chi connectivity index (χ0n) is 11.0. The molecule has 0 amide bonds. The van der Waals surface area contributed by atoms with E-state index >= 15 is 0 Å². The van der Waals surface area contributed by atoms with Crippen molar-refractivity contribution < 1.29 is 9.90 Å². The van der Waals surface area contributed by atoms with E-state index in [1.807, 2.05) is 0 Å². The number of carboxylic acids is 1. The molecule has 0 bridgehead atoms. The van der Waals surface area contributed by atoms with Crippen LogP contribution >= 0.6 is 0 Å². The molecule has 0 saturated heterocycles. The van der Waals surface area contributed by atoms with Crippen molar-refractivity contribution in [1.82, 2.24) is 0 Å². The SMILES string of the molecule is Cc1ccc(C)c(C(C)CCCCC(=O)O)c1.